The van der Waals surface area contributed by atoms with E-state index in [2.05, 4.69) is 19.3 Å². The first kappa shape index (κ1) is 14.1. The molecule has 1 unspecified atom stereocenters. The van der Waals surface area contributed by atoms with Gasteiger partial charge in [-0.1, -0.05) is 44.9 Å². The number of hydrogen-bond donors (Lipinski definition) is 2. The third-order valence-electron chi connectivity index (χ3n) is 3.07. The Bertz CT molecular complexity index is 350. The number of aryl methyl sites for hydroxylation is 1. The predicted octanol–water partition coefficient (Wildman–Crippen LogP) is 3.46. The third-order valence-corrected chi connectivity index (χ3v) is 3.07. The highest BCUT2D eigenvalue weighted by molar-refractivity contribution is 5.27. The Balaban J connectivity index is 2.69. The molecule has 3 N–H and O–H groups in total. The van der Waals surface area contributed by atoms with Crippen LogP contribution in [0.25, 0.3) is 0 Å². The number of nitrogens with one attached hydrogen (secondary N) is 1. The molecule has 0 aromatic heterocycles. The molecule has 0 saturated carbocycles. The first-order valence-electron chi connectivity index (χ1n) is 6.27. The molecule has 0 aliphatic carbocycles. The van der Waals surface area contributed by atoms with Crippen molar-refractivity contribution in [3.05, 3.63) is 35.1 Å². The summed E-state index contributed by atoms with van der Waals surface area (Å²) in [6.45, 7) is 6.16. The second-order valence-electron chi connectivity index (χ2n) is 5.02. The highest BCUT2D eigenvalue weighted by atomic mass is 19.1. The van der Waals surface area contributed by atoms with Crippen LogP contribution in [0, 0.1) is 18.7 Å². The fraction of sp³-hybridized carbons (Fsp3) is 0.571. The highest BCUT2D eigenvalue weighted by Crippen LogP contribution is 2.24. The highest BCUT2D eigenvalue weighted by Gasteiger charge is 2.15. The van der Waals surface area contributed by atoms with Crippen molar-refractivity contribution in [3.8, 4) is 0 Å². The summed E-state index contributed by atoms with van der Waals surface area (Å²) >= 11 is 0. The van der Waals surface area contributed by atoms with E-state index in [0.717, 1.165) is 19.3 Å². The van der Waals surface area contributed by atoms with Gasteiger partial charge >= 0.3 is 0 Å². The molecule has 1 atom stereocenters. The summed E-state index contributed by atoms with van der Waals surface area (Å²) in [7, 11) is 0. The molecule has 0 aliphatic rings. The lowest BCUT2D eigenvalue weighted by molar-refractivity contribution is 0.440. The molecular formula is C14H23FN2. The molecule has 0 bridgehead atoms. The molecular weight excluding hydrogens is 215 g/mol. The fourth-order valence-corrected chi connectivity index (χ4v) is 2.00. The van der Waals surface area contributed by atoms with Crippen LogP contribution >= 0.6 is 0 Å². The average Bonchev–Trinajstić information content (AvgIpc) is 2.28. The monoisotopic (exact) mass is 238 g/mol. The summed E-state index contributed by atoms with van der Waals surface area (Å²) in [5, 5.41) is 0. The standard InChI is InChI=1S/C14H23FN2/c1-10(2)6-4-9-13(17-16)12-8-5-7-11(3)14(12)15/h5,7-8,10,13,17H,4,6,9,16H2,1-3H3. The van der Waals surface area contributed by atoms with E-state index >= 15 is 0 Å². The van der Waals surface area contributed by atoms with E-state index in [1.807, 2.05) is 12.1 Å². The van der Waals surface area contributed by atoms with E-state index in [-0.39, 0.29) is 11.9 Å². The number of halogens is 1. The number of hydrogen-bond acceptors (Lipinski definition) is 2. The van der Waals surface area contributed by atoms with Gasteiger partial charge in [-0.2, -0.15) is 0 Å². The summed E-state index contributed by atoms with van der Waals surface area (Å²) in [6, 6.07) is 5.37. The lowest BCUT2D eigenvalue weighted by Gasteiger charge is -2.18. The van der Waals surface area contributed by atoms with E-state index in [4.69, 9.17) is 5.84 Å². The zero-order chi connectivity index (χ0) is 12.8. The molecule has 1 rings (SSSR count). The quantitative estimate of drug-likeness (QED) is 0.588. The van der Waals surface area contributed by atoms with Crippen LogP contribution in [0.2, 0.25) is 0 Å². The Morgan fingerprint density at radius 3 is 2.59 bits per heavy atom. The largest absolute Gasteiger partial charge is 0.271 e. The molecule has 0 saturated heterocycles. The van der Waals surface area contributed by atoms with Crippen molar-refractivity contribution < 1.29 is 4.39 Å². The summed E-state index contributed by atoms with van der Waals surface area (Å²) in [4.78, 5) is 0. The van der Waals surface area contributed by atoms with E-state index in [1.165, 1.54) is 0 Å². The minimum Gasteiger partial charge on any atom is -0.271 e. The van der Waals surface area contributed by atoms with E-state index < -0.39 is 0 Å². The van der Waals surface area contributed by atoms with Gasteiger partial charge in [0.05, 0.1) is 0 Å². The Labute approximate surface area is 103 Å². The lowest BCUT2D eigenvalue weighted by atomic mass is 9.97. The van der Waals surface area contributed by atoms with E-state index in [9.17, 15) is 4.39 Å². The van der Waals surface area contributed by atoms with Crippen molar-refractivity contribution in [3.63, 3.8) is 0 Å². The van der Waals surface area contributed by atoms with Gasteiger partial charge < -0.3 is 0 Å². The van der Waals surface area contributed by atoms with Crippen LogP contribution in [0.5, 0.6) is 0 Å². The zero-order valence-corrected chi connectivity index (χ0v) is 11.0. The van der Waals surface area contributed by atoms with Gasteiger partial charge in [0.1, 0.15) is 5.82 Å². The molecule has 0 amide bonds. The Kier molecular flexibility index (Phi) is 5.59. The summed E-state index contributed by atoms with van der Waals surface area (Å²) in [6.07, 6.45) is 3.07. The van der Waals surface area contributed by atoms with Crippen molar-refractivity contribution in [1.29, 1.82) is 0 Å². The normalized spacial score (nSPS) is 13.1. The summed E-state index contributed by atoms with van der Waals surface area (Å²) < 4.78 is 13.9. The van der Waals surface area contributed by atoms with Crippen LogP contribution in [0.15, 0.2) is 18.2 Å². The maximum absolute atomic E-state index is 13.9. The van der Waals surface area contributed by atoms with Crippen molar-refractivity contribution in [2.75, 3.05) is 0 Å². The number of nitrogens with two attached hydrogens (primary N) is 1. The molecule has 0 heterocycles. The van der Waals surface area contributed by atoms with Gasteiger partial charge in [-0.15, -0.1) is 0 Å². The van der Waals surface area contributed by atoms with Crippen molar-refractivity contribution in [2.45, 2.75) is 46.1 Å². The topological polar surface area (TPSA) is 38.0 Å². The fourth-order valence-electron chi connectivity index (χ4n) is 2.00. The Morgan fingerprint density at radius 2 is 2.00 bits per heavy atom. The molecule has 3 heteroatoms. The van der Waals surface area contributed by atoms with Crippen LogP contribution < -0.4 is 11.3 Å². The third kappa shape index (κ3) is 4.10. The van der Waals surface area contributed by atoms with E-state index in [1.54, 1.807) is 13.0 Å². The molecule has 96 valence electrons. The zero-order valence-electron chi connectivity index (χ0n) is 11.0. The predicted molar refractivity (Wildman–Crippen MR) is 69.9 cm³/mol. The molecule has 0 radical (unpaired) electrons. The molecule has 0 fully saturated rings. The molecule has 0 aliphatic heterocycles. The van der Waals surface area contributed by atoms with Gasteiger partial charge in [-0.3, -0.25) is 11.3 Å². The smallest absolute Gasteiger partial charge is 0.130 e. The lowest BCUT2D eigenvalue weighted by Crippen LogP contribution is -2.29. The minimum atomic E-state index is -0.139. The van der Waals surface area contributed by atoms with Crippen molar-refractivity contribution in [2.24, 2.45) is 11.8 Å². The van der Waals surface area contributed by atoms with Crippen molar-refractivity contribution in [1.82, 2.24) is 5.43 Å². The molecule has 2 nitrogen and oxygen atoms in total. The molecule has 17 heavy (non-hydrogen) atoms. The molecule has 1 aromatic carbocycles. The van der Waals surface area contributed by atoms with Crippen LogP contribution in [-0.4, -0.2) is 0 Å². The summed E-state index contributed by atoms with van der Waals surface area (Å²) in [5.41, 5.74) is 4.07. The second kappa shape index (κ2) is 6.72. The van der Waals surface area contributed by atoms with Crippen LogP contribution in [0.3, 0.4) is 0 Å². The SMILES string of the molecule is Cc1cccc(C(CCCC(C)C)NN)c1F. The molecule has 0 spiro atoms. The van der Waals surface area contributed by atoms with Gasteiger partial charge in [0.2, 0.25) is 0 Å². The van der Waals surface area contributed by atoms with Crippen molar-refractivity contribution >= 4 is 0 Å². The number of rotatable bonds is 6. The first-order valence-corrected chi connectivity index (χ1v) is 6.27. The summed E-state index contributed by atoms with van der Waals surface area (Å²) in [5.74, 6) is 6.06. The van der Waals surface area contributed by atoms with Gasteiger partial charge in [0.25, 0.3) is 0 Å². The van der Waals surface area contributed by atoms with Gasteiger partial charge in [0, 0.05) is 11.6 Å². The number of hydrazine groups is 1. The van der Waals surface area contributed by atoms with E-state index in [0.29, 0.717) is 17.0 Å². The Morgan fingerprint density at radius 1 is 1.29 bits per heavy atom. The number of benzene rings is 1. The maximum atomic E-state index is 13.9. The van der Waals surface area contributed by atoms with Crippen LogP contribution in [0.4, 0.5) is 4.39 Å². The first-order chi connectivity index (χ1) is 8.06. The van der Waals surface area contributed by atoms with Crippen LogP contribution in [-0.2, 0) is 0 Å². The van der Waals surface area contributed by atoms with Gasteiger partial charge in [0.15, 0.2) is 0 Å². The van der Waals surface area contributed by atoms with Gasteiger partial charge in [-0.25, -0.2) is 4.39 Å². The van der Waals surface area contributed by atoms with Gasteiger partial charge in [-0.05, 0) is 24.8 Å². The Hall–Kier alpha value is -0.930. The maximum Gasteiger partial charge on any atom is 0.130 e. The second-order valence-corrected chi connectivity index (χ2v) is 5.02. The molecule has 1 aromatic rings. The minimum absolute atomic E-state index is 0.0892. The average molecular weight is 238 g/mol. The van der Waals surface area contributed by atoms with Crippen LogP contribution in [0.1, 0.15) is 50.3 Å².